The number of carboxylic acids is 1. The highest BCUT2D eigenvalue weighted by atomic mass is 35.5. The average molecular weight is 599 g/mol. The highest BCUT2D eigenvalue weighted by molar-refractivity contribution is 6.31. The summed E-state index contributed by atoms with van der Waals surface area (Å²) in [5, 5.41) is 27.2. The van der Waals surface area contributed by atoms with Crippen molar-refractivity contribution < 1.29 is 14.7 Å². The summed E-state index contributed by atoms with van der Waals surface area (Å²) >= 11 is 6.74. The zero-order valence-corrected chi connectivity index (χ0v) is 24.0. The van der Waals surface area contributed by atoms with Crippen molar-refractivity contribution in [2.75, 3.05) is 32.7 Å². The SMILES string of the molecule is CCC(C)(CCc1ccc([C@]2(CN=[N+]=[N-])NC(=O)N(CCC(=O)O)C=C2C(CN=[N+]=[N-])CN=[N+]=[N-])cc1Cl)CN=[N+]=[N-]. The molecule has 17 nitrogen and oxygen atoms in total. The maximum Gasteiger partial charge on any atom is 0.322 e. The second kappa shape index (κ2) is 15.9. The predicted octanol–water partition coefficient (Wildman–Crippen LogP) is 7.13. The number of carboxylic acid groups (broad SMARTS) is 1. The van der Waals surface area contributed by atoms with E-state index in [2.05, 4.69) is 45.4 Å². The molecule has 2 atom stereocenters. The maximum atomic E-state index is 13.3. The number of carbonyl (C=O) groups excluding carboxylic acids is 1. The van der Waals surface area contributed by atoms with E-state index in [4.69, 9.17) is 33.3 Å². The third kappa shape index (κ3) is 8.61. The highest BCUT2D eigenvalue weighted by Gasteiger charge is 2.45. The van der Waals surface area contributed by atoms with Crippen LogP contribution in [0.4, 0.5) is 4.79 Å². The number of benzene rings is 1. The van der Waals surface area contributed by atoms with Crippen molar-refractivity contribution in [3.63, 3.8) is 0 Å². The zero-order valence-electron chi connectivity index (χ0n) is 23.2. The lowest BCUT2D eigenvalue weighted by Crippen LogP contribution is -2.58. The first-order valence-electron chi connectivity index (χ1n) is 12.9. The van der Waals surface area contributed by atoms with Crippen LogP contribution in [-0.2, 0) is 16.8 Å². The number of aryl methyl sites for hydroxylation is 1. The van der Waals surface area contributed by atoms with E-state index in [-0.39, 0.29) is 38.0 Å². The maximum absolute atomic E-state index is 13.3. The minimum Gasteiger partial charge on any atom is -0.481 e. The molecular formula is C24H31ClN14O3. The molecule has 0 aromatic heterocycles. The Kier molecular flexibility index (Phi) is 12.6. The number of halogens is 1. The standard InChI is InChI=1S/C24H31ClN14O3/c1-3-23(2,14-32-37-28)8-6-16-4-5-18(10-20(16)25)24(15-33-38-29)19(17(11-30-35-26)12-31-36-27)13-39(22(42)34-24)9-7-21(40)41/h4-5,10,13,17H,3,6-9,11-12,14-15H2,1-2H3,(H,34,42)(H,40,41)/t23?,24-/m0/s1. The number of nitrogens with zero attached hydrogens (tertiary/aromatic N) is 13. The minimum atomic E-state index is -1.49. The number of hydrogen-bond donors (Lipinski definition) is 2. The molecule has 0 radical (unpaired) electrons. The summed E-state index contributed by atoms with van der Waals surface area (Å²) in [4.78, 5) is 37.0. The lowest BCUT2D eigenvalue weighted by atomic mass is 9.75. The third-order valence-electron chi connectivity index (χ3n) is 7.39. The molecule has 222 valence electrons. The molecule has 1 aliphatic rings. The number of urea groups is 1. The predicted molar refractivity (Wildman–Crippen MR) is 155 cm³/mol. The van der Waals surface area contributed by atoms with E-state index >= 15 is 0 Å². The van der Waals surface area contributed by atoms with Crippen LogP contribution in [0.1, 0.15) is 44.2 Å². The summed E-state index contributed by atoms with van der Waals surface area (Å²) in [6, 6.07) is 4.50. The fourth-order valence-electron chi connectivity index (χ4n) is 4.64. The molecule has 0 spiro atoms. The van der Waals surface area contributed by atoms with Gasteiger partial charge in [0.1, 0.15) is 0 Å². The Morgan fingerprint density at radius 1 is 1.12 bits per heavy atom. The molecule has 2 rings (SSSR count). The van der Waals surface area contributed by atoms with E-state index < -0.39 is 23.5 Å². The zero-order chi connectivity index (χ0) is 31.2. The quantitative estimate of drug-likeness (QED) is 0.108. The van der Waals surface area contributed by atoms with E-state index in [1.54, 1.807) is 18.2 Å². The Bertz CT molecular complexity index is 1370. The van der Waals surface area contributed by atoms with Gasteiger partial charge in [0.05, 0.1) is 18.5 Å². The number of amides is 2. The van der Waals surface area contributed by atoms with Crippen molar-refractivity contribution >= 4 is 23.6 Å². The van der Waals surface area contributed by atoms with E-state index in [0.717, 1.165) is 16.9 Å². The molecule has 1 unspecified atom stereocenters. The minimum absolute atomic E-state index is 0.172. The number of nitrogens with one attached hydrogen (secondary N) is 1. The molecule has 1 aliphatic heterocycles. The van der Waals surface area contributed by atoms with Crippen LogP contribution < -0.4 is 5.32 Å². The molecular weight excluding hydrogens is 568 g/mol. The van der Waals surface area contributed by atoms with E-state index in [0.29, 0.717) is 35.5 Å². The van der Waals surface area contributed by atoms with Gasteiger partial charge in [-0.25, -0.2) is 4.79 Å². The van der Waals surface area contributed by atoms with E-state index in [1.165, 1.54) is 6.20 Å². The van der Waals surface area contributed by atoms with Crippen LogP contribution >= 0.6 is 11.6 Å². The van der Waals surface area contributed by atoms with Crippen LogP contribution in [0.2, 0.25) is 5.02 Å². The van der Waals surface area contributed by atoms with Gasteiger partial charge >= 0.3 is 12.0 Å². The number of carbonyl (C=O) groups is 2. The molecule has 0 saturated carbocycles. The fourth-order valence-corrected chi connectivity index (χ4v) is 4.92. The summed E-state index contributed by atoms with van der Waals surface area (Å²) < 4.78 is 0. The number of hydrogen-bond acceptors (Lipinski definition) is 6. The monoisotopic (exact) mass is 598 g/mol. The highest BCUT2D eigenvalue weighted by Crippen LogP contribution is 2.40. The number of aliphatic carboxylic acids is 1. The van der Waals surface area contributed by atoms with Crippen molar-refractivity contribution in [1.82, 2.24) is 10.2 Å². The molecule has 42 heavy (non-hydrogen) atoms. The third-order valence-corrected chi connectivity index (χ3v) is 7.74. The summed E-state index contributed by atoms with van der Waals surface area (Å²) in [6.07, 6.45) is 3.11. The van der Waals surface area contributed by atoms with Crippen molar-refractivity contribution in [1.29, 1.82) is 0 Å². The molecule has 2 N–H and O–H groups in total. The Morgan fingerprint density at radius 3 is 2.31 bits per heavy atom. The molecule has 1 aromatic rings. The van der Waals surface area contributed by atoms with Crippen LogP contribution in [0.15, 0.2) is 50.4 Å². The van der Waals surface area contributed by atoms with Crippen molar-refractivity contribution in [2.24, 2.45) is 31.8 Å². The van der Waals surface area contributed by atoms with Gasteiger partial charge in [0, 0.05) is 57.0 Å². The van der Waals surface area contributed by atoms with Gasteiger partial charge < -0.3 is 15.3 Å². The average Bonchev–Trinajstić information content (AvgIpc) is 2.98. The first kappa shape index (κ1) is 33.4. The second-order valence-electron chi connectivity index (χ2n) is 10.0. The van der Waals surface area contributed by atoms with Crippen LogP contribution in [0, 0.1) is 11.3 Å². The number of rotatable bonds is 17. The molecule has 1 heterocycles. The summed E-state index contributed by atoms with van der Waals surface area (Å²) in [6.45, 7) is 3.54. The topological polar surface area (TPSA) is 265 Å². The van der Waals surface area contributed by atoms with Gasteiger partial charge in [0.2, 0.25) is 0 Å². The van der Waals surface area contributed by atoms with Gasteiger partial charge in [-0.05, 0) is 69.1 Å². The van der Waals surface area contributed by atoms with Gasteiger partial charge in [0.25, 0.3) is 0 Å². The molecule has 18 heteroatoms. The smallest absolute Gasteiger partial charge is 0.322 e. The lowest BCUT2D eigenvalue weighted by molar-refractivity contribution is -0.137. The summed E-state index contributed by atoms with van der Waals surface area (Å²) in [5.74, 6) is -1.88. The Balaban J connectivity index is 2.68. The van der Waals surface area contributed by atoms with Crippen molar-refractivity contribution in [2.45, 2.75) is 45.1 Å². The van der Waals surface area contributed by atoms with E-state index in [1.807, 2.05) is 13.8 Å². The lowest BCUT2D eigenvalue weighted by Gasteiger charge is -2.44. The van der Waals surface area contributed by atoms with Gasteiger partial charge in [-0.15, -0.1) is 0 Å². The second-order valence-corrected chi connectivity index (χ2v) is 10.4. The first-order chi connectivity index (χ1) is 20.1. The molecule has 0 bridgehead atoms. The van der Waals surface area contributed by atoms with Crippen molar-refractivity contribution in [3.05, 3.63) is 87.9 Å². The molecule has 0 aliphatic carbocycles. The Hall–Kier alpha value is -4.77. The Morgan fingerprint density at radius 2 is 1.76 bits per heavy atom. The van der Waals surface area contributed by atoms with Crippen molar-refractivity contribution in [3.8, 4) is 0 Å². The largest absolute Gasteiger partial charge is 0.481 e. The van der Waals surface area contributed by atoms with Gasteiger partial charge in [0.15, 0.2) is 0 Å². The van der Waals surface area contributed by atoms with E-state index in [9.17, 15) is 15.1 Å². The first-order valence-corrected chi connectivity index (χ1v) is 13.3. The Labute approximate surface area is 246 Å². The molecule has 0 saturated heterocycles. The van der Waals surface area contributed by atoms with Crippen LogP contribution in [0.25, 0.3) is 41.8 Å². The summed E-state index contributed by atoms with van der Waals surface area (Å²) in [5.41, 5.74) is 35.8. The van der Waals surface area contributed by atoms with Gasteiger partial charge in [-0.2, -0.15) is 0 Å². The fraction of sp³-hybridized carbons (Fsp3) is 0.583. The molecule has 2 amide bonds. The van der Waals surface area contributed by atoms with Gasteiger partial charge in [-0.1, -0.05) is 64.5 Å². The van der Waals surface area contributed by atoms with Crippen LogP contribution in [0.3, 0.4) is 0 Å². The molecule has 1 aromatic carbocycles. The summed E-state index contributed by atoms with van der Waals surface area (Å²) in [7, 11) is 0. The van der Waals surface area contributed by atoms with Crippen LogP contribution in [0.5, 0.6) is 0 Å². The normalized spacial score (nSPS) is 18.0. The number of azide groups is 4. The van der Waals surface area contributed by atoms with Crippen LogP contribution in [-0.4, -0.2) is 54.7 Å². The molecule has 0 fully saturated rings. The van der Waals surface area contributed by atoms with Gasteiger partial charge in [-0.3, -0.25) is 4.79 Å².